The number of hydrogen-bond donors (Lipinski definition) is 4. The molecule has 2 saturated heterocycles. The number of halogens is 1. The highest BCUT2D eigenvalue weighted by molar-refractivity contribution is 6.28. The van der Waals surface area contributed by atoms with Crippen LogP contribution in [0.4, 0.5) is 0 Å². The molecule has 3 aromatic rings. The van der Waals surface area contributed by atoms with Gasteiger partial charge in [-0.3, -0.25) is 19.2 Å². The number of Topliss-reactive ketones (excluding diaryl/α,β-unsaturated/α-hetero) is 1. The molecule has 0 spiro atoms. The van der Waals surface area contributed by atoms with Crippen LogP contribution in [-0.4, -0.2) is 150 Å². The third kappa shape index (κ3) is 14.4. The molecule has 11 atom stereocenters. The summed E-state index contributed by atoms with van der Waals surface area (Å²) in [4.78, 5) is 92.6. The van der Waals surface area contributed by atoms with Crippen LogP contribution in [0.5, 0.6) is 0 Å². The molecule has 374 valence electrons. The highest BCUT2D eigenvalue weighted by Gasteiger charge is 2.68. The van der Waals surface area contributed by atoms with E-state index in [1.807, 2.05) is 0 Å². The number of ketones is 1. The van der Waals surface area contributed by atoms with E-state index in [2.05, 4.69) is 10.1 Å². The average Bonchev–Trinajstić information content (AvgIpc) is 3.35. The zero-order chi connectivity index (χ0) is 50.1. The molecule has 20 heteroatoms. The van der Waals surface area contributed by atoms with Crippen LogP contribution in [0.1, 0.15) is 89.9 Å². The number of alkyl halides is 1. The highest BCUT2D eigenvalue weighted by atomic mass is 35.5. The Bertz CT molecular complexity index is 2180. The molecule has 2 fully saturated rings. The van der Waals surface area contributed by atoms with E-state index in [1.54, 1.807) is 18.2 Å². The number of benzene rings is 3. The summed E-state index contributed by atoms with van der Waals surface area (Å²) < 4.78 is 46.9. The van der Waals surface area contributed by atoms with Gasteiger partial charge in [0.15, 0.2) is 30.4 Å². The smallest absolute Gasteiger partial charge is 0.338 e. The molecule has 2 heterocycles. The van der Waals surface area contributed by atoms with Crippen LogP contribution in [0.2, 0.25) is 0 Å². The van der Waals surface area contributed by atoms with E-state index >= 15 is 0 Å². The van der Waals surface area contributed by atoms with Gasteiger partial charge >= 0.3 is 29.8 Å². The normalized spacial score (nSPS) is 25.8. The maximum Gasteiger partial charge on any atom is 0.338 e. The van der Waals surface area contributed by atoms with Gasteiger partial charge in [-0.2, -0.15) is 0 Å². The molecule has 4 N–H and O–H groups in total. The molecular formula is C49H58ClNO18. The van der Waals surface area contributed by atoms with Gasteiger partial charge in [-0.05, 0) is 49.2 Å². The second-order valence-electron chi connectivity index (χ2n) is 16.4. The van der Waals surface area contributed by atoms with Gasteiger partial charge in [0.25, 0.3) is 0 Å². The Hall–Kier alpha value is -5.80. The average molecular weight is 984 g/mol. The lowest BCUT2D eigenvalue weighted by Gasteiger charge is -2.57. The van der Waals surface area contributed by atoms with Gasteiger partial charge in [-0.1, -0.05) is 80.3 Å². The largest absolute Gasteiger partial charge is 0.469 e. The van der Waals surface area contributed by atoms with E-state index in [4.69, 9.17) is 44.8 Å². The topological polar surface area (TPSA) is 266 Å². The summed E-state index contributed by atoms with van der Waals surface area (Å²) in [5.74, 6) is -7.14. The van der Waals surface area contributed by atoms with Gasteiger partial charge < -0.3 is 58.5 Å². The number of unbranched alkanes of at least 4 members (excludes halogenated alkanes) is 5. The van der Waals surface area contributed by atoms with E-state index in [9.17, 15) is 48.9 Å². The first-order chi connectivity index (χ1) is 33.1. The fourth-order valence-corrected chi connectivity index (χ4v) is 8.23. The zero-order valence-electron chi connectivity index (χ0n) is 38.3. The maximum atomic E-state index is 14.3. The molecular weight excluding hydrogens is 926 g/mol. The number of methoxy groups -OCH3 is 1. The van der Waals surface area contributed by atoms with Crippen molar-refractivity contribution in [3.8, 4) is 0 Å². The quantitative estimate of drug-likeness (QED) is 0.0459. The Labute approximate surface area is 403 Å². The van der Waals surface area contributed by atoms with Crippen molar-refractivity contribution in [3.63, 3.8) is 0 Å². The molecule has 1 unspecified atom stereocenters. The SMILES string of the molecule is COC(=O)CCCCCCCCO[C@H]1O[C@H](COC(C)=O)[C@@H](O)[C@@](O)([C@@H]2O[C@H](C(O)C(=O)CCl)[C@H](OC(=O)c3ccccc3)[C@H](OC(=O)c3ccccc3)[C@H]2OC(=O)c2ccccc2)[C@@H]1NC(C)=O. The summed E-state index contributed by atoms with van der Waals surface area (Å²) in [6.45, 7) is 1.38. The van der Waals surface area contributed by atoms with Crippen LogP contribution in [-0.2, 0) is 57.1 Å². The monoisotopic (exact) mass is 983 g/mol. The molecule has 5 rings (SSSR count). The zero-order valence-corrected chi connectivity index (χ0v) is 39.1. The number of carbonyl (C=O) groups excluding carboxylic acids is 7. The van der Waals surface area contributed by atoms with Crippen LogP contribution in [0.3, 0.4) is 0 Å². The summed E-state index contributed by atoms with van der Waals surface area (Å²) in [6.07, 6.45) is -14.5. The molecule has 0 aliphatic carbocycles. The number of esters is 5. The first kappa shape index (κ1) is 54.1. The molecule has 2 aliphatic rings. The minimum atomic E-state index is -3.05. The van der Waals surface area contributed by atoms with Crippen molar-refractivity contribution in [1.82, 2.24) is 5.32 Å². The van der Waals surface area contributed by atoms with Crippen LogP contribution in [0, 0.1) is 0 Å². The lowest BCUT2D eigenvalue weighted by atomic mass is 9.72. The predicted octanol–water partition coefficient (Wildman–Crippen LogP) is 3.40. The summed E-state index contributed by atoms with van der Waals surface area (Å²) in [6, 6.07) is 20.4. The molecule has 0 saturated carbocycles. The molecule has 1 amide bonds. The van der Waals surface area contributed by atoms with Crippen molar-refractivity contribution in [2.45, 2.75) is 126 Å². The summed E-state index contributed by atoms with van der Waals surface area (Å²) >= 11 is 5.96. The van der Waals surface area contributed by atoms with Crippen LogP contribution >= 0.6 is 11.6 Å². The van der Waals surface area contributed by atoms with Gasteiger partial charge in [-0.15, -0.1) is 11.6 Å². The number of amides is 1. The van der Waals surface area contributed by atoms with Crippen LogP contribution < -0.4 is 5.32 Å². The van der Waals surface area contributed by atoms with Crippen LogP contribution in [0.25, 0.3) is 0 Å². The number of hydrogen-bond acceptors (Lipinski definition) is 18. The molecule has 69 heavy (non-hydrogen) atoms. The van der Waals surface area contributed by atoms with E-state index in [1.165, 1.54) is 79.9 Å². The van der Waals surface area contributed by atoms with Crippen molar-refractivity contribution in [3.05, 3.63) is 108 Å². The van der Waals surface area contributed by atoms with E-state index in [-0.39, 0.29) is 29.3 Å². The third-order valence-corrected chi connectivity index (χ3v) is 11.8. The molecule has 0 aromatic heterocycles. The number of carbonyl (C=O) groups is 7. The number of ether oxygens (including phenoxy) is 8. The van der Waals surface area contributed by atoms with Crippen molar-refractivity contribution < 1.29 is 86.8 Å². The molecule has 0 radical (unpaired) electrons. The fraction of sp³-hybridized carbons (Fsp3) is 0.490. The second kappa shape index (κ2) is 26.3. The lowest BCUT2D eigenvalue weighted by molar-refractivity contribution is -0.350. The summed E-state index contributed by atoms with van der Waals surface area (Å²) in [7, 11) is 1.32. The van der Waals surface area contributed by atoms with Gasteiger partial charge in [0.1, 0.15) is 48.8 Å². The predicted molar refractivity (Wildman–Crippen MR) is 241 cm³/mol. The Balaban J connectivity index is 1.66. The second-order valence-corrected chi connectivity index (χ2v) is 16.7. The maximum absolute atomic E-state index is 14.3. The third-order valence-electron chi connectivity index (χ3n) is 11.6. The van der Waals surface area contributed by atoms with Gasteiger partial charge in [-0.25, -0.2) is 14.4 Å². The number of aliphatic hydroxyl groups is 3. The van der Waals surface area contributed by atoms with Gasteiger partial charge in [0.05, 0.1) is 29.7 Å². The first-order valence-electron chi connectivity index (χ1n) is 22.5. The Kier molecular flexibility index (Phi) is 20.6. The summed E-state index contributed by atoms with van der Waals surface area (Å²) in [5.41, 5.74) is -3.22. The van der Waals surface area contributed by atoms with Gasteiger partial charge in [0, 0.05) is 26.9 Å². The lowest BCUT2D eigenvalue weighted by Crippen LogP contribution is -2.81. The fourth-order valence-electron chi connectivity index (χ4n) is 8.07. The molecule has 19 nitrogen and oxygen atoms in total. The molecule has 0 bridgehead atoms. The van der Waals surface area contributed by atoms with Crippen molar-refractivity contribution in [2.24, 2.45) is 0 Å². The Morgan fingerprint density at radius 3 is 1.70 bits per heavy atom. The Morgan fingerprint density at radius 1 is 0.710 bits per heavy atom. The number of nitrogens with one attached hydrogen (secondary N) is 1. The van der Waals surface area contributed by atoms with Gasteiger partial charge in [0.2, 0.25) is 5.91 Å². The van der Waals surface area contributed by atoms with Crippen molar-refractivity contribution >= 4 is 53.1 Å². The highest BCUT2D eigenvalue weighted by Crippen LogP contribution is 2.43. The first-order valence-corrected chi connectivity index (χ1v) is 23.0. The molecule has 3 aromatic carbocycles. The molecule has 2 aliphatic heterocycles. The minimum Gasteiger partial charge on any atom is -0.469 e. The van der Waals surface area contributed by atoms with E-state index in [0.29, 0.717) is 25.7 Å². The standard InChI is InChI=1S/C49H58ClNO18/c1-29(52)51-42-48(63-26-18-7-5-4-6-17-25-36(55)62-3)65-35(28-64-30(2)53)43(57)49(42,61)44-41(69-47(60)33-23-15-10-16-24-33)40(68-46(59)32-21-13-9-14-22-32)39(38(66-44)37(56)34(54)27-50)67-45(58)31-19-11-8-12-20-31/h8-16,19-24,35,37-44,48,56-57,61H,4-7,17-18,25-28H2,1-3H3,(H,51,52)/t35-,37?,38-,39+,40+,41-,42-,43-,44-,48+,49-/m1/s1. The summed E-state index contributed by atoms with van der Waals surface area (Å²) in [5, 5.41) is 40.2. The van der Waals surface area contributed by atoms with E-state index in [0.717, 1.165) is 33.1 Å². The van der Waals surface area contributed by atoms with Crippen molar-refractivity contribution in [1.29, 1.82) is 0 Å². The Morgan fingerprint density at radius 2 is 1.20 bits per heavy atom. The number of rotatable bonds is 23. The van der Waals surface area contributed by atoms with E-state index < -0.39 is 115 Å². The minimum absolute atomic E-state index is 0.0430. The number of aliphatic hydroxyl groups excluding tert-OH is 2. The van der Waals surface area contributed by atoms with Crippen LogP contribution in [0.15, 0.2) is 91.0 Å². The van der Waals surface area contributed by atoms with Crippen molar-refractivity contribution in [2.75, 3.05) is 26.2 Å².